The fourth-order valence-electron chi connectivity index (χ4n) is 2.61. The summed E-state index contributed by atoms with van der Waals surface area (Å²) in [5.74, 6) is 0. The molecule has 0 aromatic rings. The molecule has 0 bridgehead atoms. The van der Waals surface area contributed by atoms with Crippen molar-refractivity contribution in [3.8, 4) is 0 Å². The molecule has 4 heteroatoms. The van der Waals surface area contributed by atoms with Crippen LogP contribution in [0.1, 0.15) is 26.2 Å². The Morgan fingerprint density at radius 3 is 2.75 bits per heavy atom. The molecular formula is C12H24N2OS. The molecule has 2 aliphatic rings. The molecule has 3 unspecified atom stereocenters. The maximum Gasteiger partial charge on any atom is 0.0564 e. The van der Waals surface area contributed by atoms with Crippen molar-refractivity contribution in [3.63, 3.8) is 0 Å². The van der Waals surface area contributed by atoms with Crippen LogP contribution in [0.4, 0.5) is 0 Å². The Kier molecular flexibility index (Phi) is 4.53. The first-order chi connectivity index (χ1) is 7.74. The molecule has 0 radical (unpaired) electrons. The minimum Gasteiger partial charge on any atom is -0.395 e. The van der Waals surface area contributed by atoms with Gasteiger partial charge in [-0.15, -0.1) is 0 Å². The van der Waals surface area contributed by atoms with Crippen molar-refractivity contribution < 1.29 is 5.11 Å². The number of nitrogens with zero attached hydrogens (tertiary/aromatic N) is 1. The van der Waals surface area contributed by atoms with Crippen LogP contribution in [0.25, 0.3) is 0 Å². The van der Waals surface area contributed by atoms with Crippen LogP contribution in [-0.2, 0) is 0 Å². The SMILES string of the molecule is CSC(CO)C(C)NC1CCN(C2CC2)C1. The van der Waals surface area contributed by atoms with Crippen molar-refractivity contribution in [2.45, 2.75) is 49.6 Å². The maximum absolute atomic E-state index is 9.25. The van der Waals surface area contributed by atoms with Crippen LogP contribution in [0.5, 0.6) is 0 Å². The first kappa shape index (κ1) is 12.7. The number of aliphatic hydroxyl groups is 1. The number of rotatable bonds is 6. The van der Waals surface area contributed by atoms with Crippen LogP contribution in [0.15, 0.2) is 0 Å². The van der Waals surface area contributed by atoms with Crippen molar-refractivity contribution in [1.82, 2.24) is 10.2 Å². The zero-order valence-corrected chi connectivity index (χ0v) is 11.2. The lowest BCUT2D eigenvalue weighted by molar-refractivity contribution is 0.266. The van der Waals surface area contributed by atoms with Gasteiger partial charge < -0.3 is 10.4 Å². The molecule has 0 amide bonds. The lowest BCUT2D eigenvalue weighted by Crippen LogP contribution is -2.44. The van der Waals surface area contributed by atoms with Gasteiger partial charge in [0.05, 0.1) is 6.61 Å². The third kappa shape index (κ3) is 3.13. The molecule has 1 saturated carbocycles. The molecule has 1 saturated heterocycles. The molecule has 3 nitrogen and oxygen atoms in total. The molecule has 16 heavy (non-hydrogen) atoms. The molecule has 3 atom stereocenters. The van der Waals surface area contributed by atoms with Gasteiger partial charge >= 0.3 is 0 Å². The van der Waals surface area contributed by atoms with Gasteiger partial charge in [0.1, 0.15) is 0 Å². The topological polar surface area (TPSA) is 35.5 Å². The van der Waals surface area contributed by atoms with E-state index in [1.165, 1.54) is 32.4 Å². The zero-order valence-electron chi connectivity index (χ0n) is 10.4. The monoisotopic (exact) mass is 244 g/mol. The first-order valence-corrected chi connectivity index (χ1v) is 7.67. The Morgan fingerprint density at radius 1 is 1.44 bits per heavy atom. The summed E-state index contributed by atoms with van der Waals surface area (Å²) < 4.78 is 0. The molecule has 2 rings (SSSR count). The predicted octanol–water partition coefficient (Wildman–Crippen LogP) is 0.925. The van der Waals surface area contributed by atoms with E-state index in [1.54, 1.807) is 11.8 Å². The van der Waals surface area contributed by atoms with Gasteiger partial charge in [-0.3, -0.25) is 4.90 Å². The van der Waals surface area contributed by atoms with Crippen LogP contribution in [0.3, 0.4) is 0 Å². The summed E-state index contributed by atoms with van der Waals surface area (Å²) in [6, 6.07) is 1.94. The van der Waals surface area contributed by atoms with E-state index in [0.29, 0.717) is 17.3 Å². The highest BCUT2D eigenvalue weighted by Gasteiger charge is 2.34. The van der Waals surface area contributed by atoms with Gasteiger partial charge in [-0.25, -0.2) is 0 Å². The van der Waals surface area contributed by atoms with E-state index in [2.05, 4.69) is 23.4 Å². The third-order valence-corrected chi connectivity index (χ3v) is 4.98. The van der Waals surface area contributed by atoms with E-state index in [1.807, 2.05) is 0 Å². The molecular weight excluding hydrogens is 220 g/mol. The Hall–Kier alpha value is 0.230. The highest BCUT2D eigenvalue weighted by Crippen LogP contribution is 2.30. The highest BCUT2D eigenvalue weighted by atomic mass is 32.2. The first-order valence-electron chi connectivity index (χ1n) is 6.38. The standard InChI is InChI=1S/C12H24N2OS/c1-9(12(8-15)16-2)13-10-5-6-14(7-10)11-3-4-11/h9-13,15H,3-8H2,1-2H3. The second-order valence-corrected chi connectivity index (χ2v) is 6.20. The molecule has 1 aliphatic heterocycles. The summed E-state index contributed by atoms with van der Waals surface area (Å²) in [5.41, 5.74) is 0. The quantitative estimate of drug-likeness (QED) is 0.728. The molecule has 2 N–H and O–H groups in total. The summed E-state index contributed by atoms with van der Waals surface area (Å²) in [7, 11) is 0. The van der Waals surface area contributed by atoms with Crippen molar-refractivity contribution in [3.05, 3.63) is 0 Å². The minimum atomic E-state index is 0.272. The highest BCUT2D eigenvalue weighted by molar-refractivity contribution is 7.99. The Balaban J connectivity index is 1.72. The Morgan fingerprint density at radius 2 is 2.19 bits per heavy atom. The predicted molar refractivity (Wildman–Crippen MR) is 70.0 cm³/mol. The summed E-state index contributed by atoms with van der Waals surface area (Å²) in [5, 5.41) is 13.2. The van der Waals surface area contributed by atoms with E-state index in [-0.39, 0.29) is 6.61 Å². The van der Waals surface area contributed by atoms with Crippen molar-refractivity contribution in [2.75, 3.05) is 26.0 Å². The fourth-order valence-corrected chi connectivity index (χ4v) is 3.25. The van der Waals surface area contributed by atoms with Gasteiger partial charge in [0.2, 0.25) is 0 Å². The number of nitrogens with one attached hydrogen (secondary N) is 1. The summed E-state index contributed by atoms with van der Waals surface area (Å²) in [4.78, 5) is 2.62. The van der Waals surface area contributed by atoms with Crippen LogP contribution >= 0.6 is 11.8 Å². The zero-order chi connectivity index (χ0) is 11.5. The summed E-state index contributed by atoms with van der Waals surface area (Å²) >= 11 is 1.75. The molecule has 2 fully saturated rings. The average molecular weight is 244 g/mol. The number of aliphatic hydroxyl groups excluding tert-OH is 1. The van der Waals surface area contributed by atoms with Gasteiger partial charge in [-0.05, 0) is 32.4 Å². The molecule has 0 aromatic carbocycles. The average Bonchev–Trinajstić information content (AvgIpc) is 3.02. The normalized spacial score (nSPS) is 30.6. The largest absolute Gasteiger partial charge is 0.395 e. The molecule has 0 spiro atoms. The Bertz CT molecular complexity index is 219. The van der Waals surface area contributed by atoms with Gasteiger partial charge in [0, 0.05) is 36.5 Å². The number of hydrogen-bond acceptors (Lipinski definition) is 4. The minimum absolute atomic E-state index is 0.272. The smallest absolute Gasteiger partial charge is 0.0564 e. The Labute approximate surface area is 103 Å². The second-order valence-electron chi connectivity index (χ2n) is 5.12. The lowest BCUT2D eigenvalue weighted by atomic mass is 10.2. The van der Waals surface area contributed by atoms with Crippen LogP contribution < -0.4 is 5.32 Å². The van der Waals surface area contributed by atoms with Crippen molar-refractivity contribution in [1.29, 1.82) is 0 Å². The fraction of sp³-hybridized carbons (Fsp3) is 1.00. The van der Waals surface area contributed by atoms with Crippen LogP contribution in [0.2, 0.25) is 0 Å². The van der Waals surface area contributed by atoms with E-state index < -0.39 is 0 Å². The van der Waals surface area contributed by atoms with Gasteiger partial charge in [-0.1, -0.05) is 0 Å². The lowest BCUT2D eigenvalue weighted by Gasteiger charge is -2.25. The summed E-state index contributed by atoms with van der Waals surface area (Å²) in [6.45, 7) is 4.94. The van der Waals surface area contributed by atoms with Crippen molar-refractivity contribution in [2.24, 2.45) is 0 Å². The third-order valence-electron chi connectivity index (χ3n) is 3.82. The summed E-state index contributed by atoms with van der Waals surface area (Å²) in [6.07, 6.45) is 6.16. The molecule has 94 valence electrons. The molecule has 1 aliphatic carbocycles. The molecule has 1 heterocycles. The number of hydrogen-bond donors (Lipinski definition) is 2. The number of likely N-dealkylation sites (tertiary alicyclic amines) is 1. The van der Waals surface area contributed by atoms with Gasteiger partial charge in [-0.2, -0.15) is 11.8 Å². The van der Waals surface area contributed by atoms with E-state index >= 15 is 0 Å². The molecule has 0 aromatic heterocycles. The van der Waals surface area contributed by atoms with E-state index in [4.69, 9.17) is 0 Å². The number of thioether (sulfide) groups is 1. The second kappa shape index (κ2) is 5.71. The van der Waals surface area contributed by atoms with E-state index in [9.17, 15) is 5.11 Å². The van der Waals surface area contributed by atoms with Gasteiger partial charge in [0.15, 0.2) is 0 Å². The van der Waals surface area contributed by atoms with Crippen LogP contribution in [0, 0.1) is 0 Å². The van der Waals surface area contributed by atoms with Gasteiger partial charge in [0.25, 0.3) is 0 Å². The van der Waals surface area contributed by atoms with Crippen molar-refractivity contribution >= 4 is 11.8 Å². The van der Waals surface area contributed by atoms with E-state index in [0.717, 1.165) is 6.04 Å². The maximum atomic E-state index is 9.25. The van der Waals surface area contributed by atoms with Crippen LogP contribution in [-0.4, -0.2) is 59.3 Å².